The van der Waals surface area contributed by atoms with Crippen molar-refractivity contribution in [2.24, 2.45) is 11.1 Å². The third-order valence-corrected chi connectivity index (χ3v) is 6.82. The first-order chi connectivity index (χ1) is 13.6. The highest BCUT2D eigenvalue weighted by atomic mass is 32.2. The number of nitrogens with zero attached hydrogens (tertiary/aromatic N) is 5. The van der Waals surface area contributed by atoms with E-state index in [9.17, 15) is 4.39 Å². The number of fused-ring (bicyclic) bond motifs is 1. The Bertz CT molecular complexity index is 980. The summed E-state index contributed by atoms with van der Waals surface area (Å²) in [6.45, 7) is 2.71. The predicted octanol–water partition coefficient (Wildman–Crippen LogP) is 3.26. The number of anilines is 1. The van der Waals surface area contributed by atoms with Crippen LogP contribution in [0, 0.1) is 11.2 Å². The average Bonchev–Trinajstić information content (AvgIpc) is 3.25. The van der Waals surface area contributed by atoms with Crippen LogP contribution in [0.1, 0.15) is 24.6 Å². The normalized spacial score (nSPS) is 20.5. The van der Waals surface area contributed by atoms with Crippen LogP contribution in [0.4, 0.5) is 10.2 Å². The molecule has 1 aromatic carbocycles. The Balaban J connectivity index is 1.24. The summed E-state index contributed by atoms with van der Waals surface area (Å²) in [7, 11) is 0. The molecule has 1 fully saturated rings. The highest BCUT2D eigenvalue weighted by Gasteiger charge is 2.46. The lowest BCUT2D eigenvalue weighted by Crippen LogP contribution is -2.45. The third kappa shape index (κ3) is 3.06. The van der Waals surface area contributed by atoms with Crippen LogP contribution in [-0.4, -0.2) is 32.8 Å². The molecule has 2 aromatic heterocycles. The van der Waals surface area contributed by atoms with Gasteiger partial charge in [0.25, 0.3) is 0 Å². The van der Waals surface area contributed by atoms with E-state index in [-0.39, 0.29) is 17.3 Å². The quantitative estimate of drug-likeness (QED) is 0.733. The van der Waals surface area contributed by atoms with Crippen molar-refractivity contribution >= 4 is 17.6 Å². The molecular formula is C20H21FN6S. The van der Waals surface area contributed by atoms with Crippen molar-refractivity contribution in [1.29, 1.82) is 0 Å². The van der Waals surface area contributed by atoms with Crippen LogP contribution in [0.3, 0.4) is 0 Å². The topological polar surface area (TPSA) is 72.9 Å². The first kappa shape index (κ1) is 17.6. The van der Waals surface area contributed by atoms with E-state index in [2.05, 4.69) is 24.6 Å². The molecule has 2 aliphatic heterocycles. The van der Waals surface area contributed by atoms with Gasteiger partial charge in [0.1, 0.15) is 16.7 Å². The average molecular weight is 396 g/mol. The zero-order valence-corrected chi connectivity index (χ0v) is 16.1. The monoisotopic (exact) mass is 396 g/mol. The van der Waals surface area contributed by atoms with E-state index in [4.69, 9.17) is 5.73 Å². The molecule has 2 N–H and O–H groups in total. The van der Waals surface area contributed by atoms with Crippen LogP contribution in [0.25, 0.3) is 0 Å². The van der Waals surface area contributed by atoms with Gasteiger partial charge < -0.3 is 10.6 Å². The molecule has 3 aromatic rings. The molecule has 28 heavy (non-hydrogen) atoms. The molecule has 2 aliphatic rings. The predicted molar refractivity (Wildman–Crippen MR) is 106 cm³/mol. The molecule has 6 nitrogen and oxygen atoms in total. The standard InChI is InChI=1S/C20H21FN6S/c21-14-2-1-3-15(10-14)28-18-12-23-17(11-24-18)26-8-5-20(6-9-26)13-27-16(19(20)22)4-7-25-27/h1-4,7,10-12,19H,5-6,8-9,13,22H2. The van der Waals surface area contributed by atoms with Crippen LogP contribution in [0.2, 0.25) is 0 Å². The summed E-state index contributed by atoms with van der Waals surface area (Å²) >= 11 is 1.41. The lowest BCUT2D eigenvalue weighted by molar-refractivity contribution is 0.170. The minimum Gasteiger partial charge on any atom is -0.355 e. The third-order valence-electron chi connectivity index (χ3n) is 5.91. The number of aromatic nitrogens is 4. The molecule has 1 spiro atoms. The number of hydrogen-bond acceptors (Lipinski definition) is 6. The molecule has 0 radical (unpaired) electrons. The fourth-order valence-electron chi connectivity index (χ4n) is 4.28. The molecule has 1 saturated heterocycles. The van der Waals surface area contributed by atoms with E-state index in [0.717, 1.165) is 53.9 Å². The van der Waals surface area contributed by atoms with E-state index in [1.165, 1.54) is 23.9 Å². The van der Waals surface area contributed by atoms with E-state index in [1.807, 2.05) is 18.3 Å². The fourth-order valence-corrected chi connectivity index (χ4v) is 5.05. The zero-order valence-electron chi connectivity index (χ0n) is 15.3. The van der Waals surface area contributed by atoms with Gasteiger partial charge in [-0.25, -0.2) is 14.4 Å². The molecule has 0 aliphatic carbocycles. The van der Waals surface area contributed by atoms with Crippen LogP contribution >= 0.6 is 11.8 Å². The van der Waals surface area contributed by atoms with Gasteiger partial charge in [-0.2, -0.15) is 5.10 Å². The molecule has 0 saturated carbocycles. The Labute approximate surface area is 167 Å². The lowest BCUT2D eigenvalue weighted by atomic mass is 9.73. The van der Waals surface area contributed by atoms with Crippen LogP contribution in [-0.2, 0) is 6.54 Å². The molecule has 5 rings (SSSR count). The molecule has 144 valence electrons. The van der Waals surface area contributed by atoms with Crippen molar-refractivity contribution in [2.75, 3.05) is 18.0 Å². The smallest absolute Gasteiger partial charge is 0.147 e. The first-order valence-electron chi connectivity index (χ1n) is 9.41. The van der Waals surface area contributed by atoms with Gasteiger partial charge in [-0.05, 0) is 37.1 Å². The van der Waals surface area contributed by atoms with E-state index in [0.29, 0.717) is 0 Å². The van der Waals surface area contributed by atoms with Crippen LogP contribution < -0.4 is 10.6 Å². The van der Waals surface area contributed by atoms with E-state index < -0.39 is 0 Å². The number of benzene rings is 1. The summed E-state index contributed by atoms with van der Waals surface area (Å²) in [6, 6.07) is 8.58. The van der Waals surface area contributed by atoms with Gasteiger partial charge in [-0.15, -0.1) is 0 Å². The number of nitrogens with two attached hydrogens (primary N) is 1. The summed E-state index contributed by atoms with van der Waals surface area (Å²) in [5.41, 5.74) is 7.79. The van der Waals surface area contributed by atoms with Gasteiger partial charge in [0.15, 0.2) is 0 Å². The van der Waals surface area contributed by atoms with Crippen molar-refractivity contribution in [3.05, 3.63) is 60.4 Å². The van der Waals surface area contributed by atoms with Gasteiger partial charge in [0.2, 0.25) is 0 Å². The highest BCUT2D eigenvalue weighted by molar-refractivity contribution is 7.99. The maximum atomic E-state index is 13.3. The summed E-state index contributed by atoms with van der Waals surface area (Å²) in [5.74, 6) is 0.631. The number of halogens is 1. The zero-order chi connectivity index (χ0) is 19.1. The Morgan fingerprint density at radius 3 is 2.71 bits per heavy atom. The maximum Gasteiger partial charge on any atom is 0.147 e. The number of hydrogen-bond donors (Lipinski definition) is 1. The molecule has 0 bridgehead atoms. The van der Waals surface area contributed by atoms with Gasteiger partial charge in [-0.1, -0.05) is 17.8 Å². The second-order valence-electron chi connectivity index (χ2n) is 7.51. The summed E-state index contributed by atoms with van der Waals surface area (Å²) in [5, 5.41) is 5.15. The SMILES string of the molecule is NC1c2ccnn2CC12CCN(c1cnc(Sc3cccc(F)c3)cn1)CC2. The minimum absolute atomic E-state index is 0.0493. The first-order valence-corrected chi connectivity index (χ1v) is 10.2. The van der Waals surface area contributed by atoms with Gasteiger partial charge in [-0.3, -0.25) is 4.68 Å². The lowest BCUT2D eigenvalue weighted by Gasteiger charge is -2.41. The van der Waals surface area contributed by atoms with Crippen LogP contribution in [0.5, 0.6) is 0 Å². The van der Waals surface area contributed by atoms with Crippen LogP contribution in [0.15, 0.2) is 58.8 Å². The van der Waals surface area contributed by atoms with Crippen molar-refractivity contribution in [1.82, 2.24) is 19.7 Å². The fraction of sp³-hybridized carbons (Fsp3) is 0.350. The van der Waals surface area contributed by atoms with E-state index in [1.54, 1.807) is 18.5 Å². The molecule has 1 unspecified atom stereocenters. The molecule has 1 atom stereocenters. The van der Waals surface area contributed by atoms with Crippen molar-refractivity contribution in [2.45, 2.75) is 35.3 Å². The largest absolute Gasteiger partial charge is 0.355 e. The molecule has 0 amide bonds. The van der Waals surface area contributed by atoms with Crippen molar-refractivity contribution in [3.63, 3.8) is 0 Å². The Morgan fingerprint density at radius 1 is 1.14 bits per heavy atom. The van der Waals surface area contributed by atoms with E-state index >= 15 is 0 Å². The second kappa shape index (κ2) is 6.86. The number of piperidine rings is 1. The Morgan fingerprint density at radius 2 is 2.00 bits per heavy atom. The summed E-state index contributed by atoms with van der Waals surface area (Å²) in [4.78, 5) is 12.2. The molecule has 8 heteroatoms. The van der Waals surface area contributed by atoms with Gasteiger partial charge in [0, 0.05) is 36.1 Å². The highest BCUT2D eigenvalue weighted by Crippen LogP contribution is 2.47. The second-order valence-corrected chi connectivity index (χ2v) is 8.61. The molecular weight excluding hydrogens is 375 g/mol. The summed E-state index contributed by atoms with van der Waals surface area (Å²) in [6.07, 6.45) is 7.42. The summed E-state index contributed by atoms with van der Waals surface area (Å²) < 4.78 is 15.4. The molecule has 4 heterocycles. The maximum absolute atomic E-state index is 13.3. The van der Waals surface area contributed by atoms with Crippen molar-refractivity contribution in [3.8, 4) is 0 Å². The van der Waals surface area contributed by atoms with Gasteiger partial charge in [0.05, 0.1) is 24.1 Å². The Kier molecular flexibility index (Phi) is 4.32. The van der Waals surface area contributed by atoms with Crippen molar-refractivity contribution < 1.29 is 4.39 Å². The number of rotatable bonds is 3. The van der Waals surface area contributed by atoms with Gasteiger partial charge >= 0.3 is 0 Å². The Hall–Kier alpha value is -2.45. The minimum atomic E-state index is -0.246.